The molecular formula is C9H10ClNO3. The van der Waals surface area contributed by atoms with Crippen molar-refractivity contribution >= 4 is 17.6 Å². The first kappa shape index (κ1) is 10.8. The van der Waals surface area contributed by atoms with Gasteiger partial charge in [-0.15, -0.1) is 0 Å². The summed E-state index contributed by atoms with van der Waals surface area (Å²) >= 11 is 5.76. The molecular weight excluding hydrogens is 206 g/mol. The molecule has 0 radical (unpaired) electrons. The fourth-order valence-corrected chi connectivity index (χ4v) is 1.07. The highest BCUT2D eigenvalue weighted by Gasteiger charge is 2.08. The van der Waals surface area contributed by atoms with E-state index in [2.05, 4.69) is 4.98 Å². The second-order valence-electron chi connectivity index (χ2n) is 2.66. The summed E-state index contributed by atoms with van der Waals surface area (Å²) in [6, 6.07) is 1.32. The minimum atomic E-state index is -1.05. The Bertz CT molecular complexity index is 341. The average molecular weight is 216 g/mol. The molecule has 1 rings (SSSR count). The molecule has 0 fully saturated rings. The van der Waals surface area contributed by atoms with Crippen LogP contribution >= 0.6 is 11.6 Å². The molecule has 76 valence electrons. The molecule has 0 unspecified atom stereocenters. The Hall–Kier alpha value is -1.29. The van der Waals surface area contributed by atoms with Crippen molar-refractivity contribution in [3.8, 4) is 5.88 Å². The van der Waals surface area contributed by atoms with Crippen molar-refractivity contribution in [3.05, 3.63) is 22.8 Å². The van der Waals surface area contributed by atoms with Crippen molar-refractivity contribution < 1.29 is 14.6 Å². The highest BCUT2D eigenvalue weighted by molar-refractivity contribution is 6.32. The van der Waals surface area contributed by atoms with Gasteiger partial charge in [-0.3, -0.25) is 0 Å². The van der Waals surface area contributed by atoms with Crippen LogP contribution in [-0.2, 0) is 0 Å². The number of carbonyl (C=O) groups is 1. The Morgan fingerprint density at radius 3 is 2.93 bits per heavy atom. The van der Waals surface area contributed by atoms with Crippen LogP contribution < -0.4 is 4.74 Å². The van der Waals surface area contributed by atoms with E-state index in [4.69, 9.17) is 21.4 Å². The monoisotopic (exact) mass is 215 g/mol. The first-order chi connectivity index (χ1) is 6.65. The highest BCUT2D eigenvalue weighted by Crippen LogP contribution is 2.22. The normalized spacial score (nSPS) is 9.86. The number of aromatic carboxylic acids is 1. The van der Waals surface area contributed by atoms with E-state index in [-0.39, 0.29) is 16.5 Å². The number of halogens is 1. The SMILES string of the molecule is CCCOc1ncc(C(=O)O)cc1Cl. The van der Waals surface area contributed by atoms with Crippen LogP contribution in [0.15, 0.2) is 12.3 Å². The van der Waals surface area contributed by atoms with Crippen LogP contribution in [0.5, 0.6) is 5.88 Å². The molecule has 0 saturated heterocycles. The number of pyridine rings is 1. The van der Waals surface area contributed by atoms with E-state index in [9.17, 15) is 4.79 Å². The third-order valence-electron chi connectivity index (χ3n) is 1.50. The van der Waals surface area contributed by atoms with Crippen molar-refractivity contribution in [2.45, 2.75) is 13.3 Å². The van der Waals surface area contributed by atoms with Gasteiger partial charge in [0.05, 0.1) is 12.2 Å². The topological polar surface area (TPSA) is 59.4 Å². The number of carboxylic acid groups (broad SMARTS) is 1. The van der Waals surface area contributed by atoms with Gasteiger partial charge in [0.15, 0.2) is 0 Å². The van der Waals surface area contributed by atoms with Gasteiger partial charge >= 0.3 is 5.97 Å². The third kappa shape index (κ3) is 2.60. The molecule has 1 aromatic heterocycles. The van der Waals surface area contributed by atoms with Gasteiger partial charge in [-0.25, -0.2) is 9.78 Å². The fraction of sp³-hybridized carbons (Fsp3) is 0.333. The molecule has 1 N–H and O–H groups in total. The predicted molar refractivity (Wildman–Crippen MR) is 52.0 cm³/mol. The van der Waals surface area contributed by atoms with Crippen molar-refractivity contribution in [1.82, 2.24) is 4.98 Å². The van der Waals surface area contributed by atoms with E-state index in [0.717, 1.165) is 6.42 Å². The van der Waals surface area contributed by atoms with Gasteiger partial charge in [0.25, 0.3) is 0 Å². The lowest BCUT2D eigenvalue weighted by molar-refractivity contribution is 0.0696. The molecule has 0 amide bonds. The molecule has 14 heavy (non-hydrogen) atoms. The zero-order chi connectivity index (χ0) is 10.6. The van der Waals surface area contributed by atoms with E-state index in [0.29, 0.717) is 6.61 Å². The van der Waals surface area contributed by atoms with E-state index in [1.807, 2.05) is 6.92 Å². The van der Waals surface area contributed by atoms with Gasteiger partial charge in [-0.05, 0) is 12.5 Å². The molecule has 0 spiro atoms. The number of aromatic nitrogens is 1. The zero-order valence-corrected chi connectivity index (χ0v) is 8.41. The maximum absolute atomic E-state index is 10.5. The summed E-state index contributed by atoms with van der Waals surface area (Å²) in [7, 11) is 0. The largest absolute Gasteiger partial charge is 0.478 e. The van der Waals surface area contributed by atoms with Crippen LogP contribution in [0.4, 0.5) is 0 Å². The summed E-state index contributed by atoms with van der Waals surface area (Å²) in [6.45, 7) is 2.47. The highest BCUT2D eigenvalue weighted by atomic mass is 35.5. The van der Waals surface area contributed by atoms with Gasteiger partial charge in [-0.2, -0.15) is 0 Å². The van der Waals surface area contributed by atoms with Crippen molar-refractivity contribution in [3.63, 3.8) is 0 Å². The molecule has 0 aliphatic carbocycles. The van der Waals surface area contributed by atoms with E-state index >= 15 is 0 Å². The first-order valence-corrected chi connectivity index (χ1v) is 4.54. The van der Waals surface area contributed by atoms with Gasteiger partial charge < -0.3 is 9.84 Å². The number of rotatable bonds is 4. The molecule has 0 aromatic carbocycles. The molecule has 5 heteroatoms. The summed E-state index contributed by atoms with van der Waals surface area (Å²) in [5.41, 5.74) is 0.0545. The average Bonchev–Trinajstić information content (AvgIpc) is 2.15. The standard InChI is InChI=1S/C9H10ClNO3/c1-2-3-14-8-7(10)4-6(5-11-8)9(12)13/h4-5H,2-3H2,1H3,(H,12,13). The Kier molecular flexibility index (Phi) is 3.71. The summed E-state index contributed by atoms with van der Waals surface area (Å²) < 4.78 is 5.18. The van der Waals surface area contributed by atoms with Crippen molar-refractivity contribution in [2.75, 3.05) is 6.61 Å². The maximum atomic E-state index is 10.5. The van der Waals surface area contributed by atoms with E-state index in [1.165, 1.54) is 12.3 Å². The van der Waals surface area contributed by atoms with Crippen molar-refractivity contribution in [1.29, 1.82) is 0 Å². The number of nitrogens with zero attached hydrogens (tertiary/aromatic N) is 1. The van der Waals surface area contributed by atoms with Gasteiger partial charge in [0, 0.05) is 6.20 Å². The maximum Gasteiger partial charge on any atom is 0.337 e. The Balaban J connectivity index is 2.84. The molecule has 0 bridgehead atoms. The molecule has 1 heterocycles. The van der Waals surface area contributed by atoms with Gasteiger partial charge in [-0.1, -0.05) is 18.5 Å². The molecule has 4 nitrogen and oxygen atoms in total. The second kappa shape index (κ2) is 4.81. The van der Waals surface area contributed by atoms with Crippen LogP contribution in [0.2, 0.25) is 5.02 Å². The Morgan fingerprint density at radius 2 is 2.43 bits per heavy atom. The van der Waals surface area contributed by atoms with Gasteiger partial charge in [0.1, 0.15) is 5.02 Å². The summed E-state index contributed by atoms with van der Waals surface area (Å²) in [6.07, 6.45) is 2.07. The Morgan fingerprint density at radius 1 is 1.71 bits per heavy atom. The summed E-state index contributed by atoms with van der Waals surface area (Å²) in [5.74, 6) is -0.778. The quantitative estimate of drug-likeness (QED) is 0.837. The molecule has 0 aliphatic rings. The molecule has 0 aliphatic heterocycles. The first-order valence-electron chi connectivity index (χ1n) is 4.16. The van der Waals surface area contributed by atoms with Crippen LogP contribution in [0, 0.1) is 0 Å². The lowest BCUT2D eigenvalue weighted by Crippen LogP contribution is -2.01. The minimum absolute atomic E-state index is 0.0545. The molecule has 0 saturated carbocycles. The minimum Gasteiger partial charge on any atom is -0.478 e. The third-order valence-corrected chi connectivity index (χ3v) is 1.77. The van der Waals surface area contributed by atoms with Crippen LogP contribution in [0.3, 0.4) is 0 Å². The lowest BCUT2D eigenvalue weighted by Gasteiger charge is -2.05. The number of hydrogen-bond donors (Lipinski definition) is 1. The predicted octanol–water partition coefficient (Wildman–Crippen LogP) is 2.22. The molecule has 0 atom stereocenters. The van der Waals surface area contributed by atoms with Gasteiger partial charge in [0.2, 0.25) is 5.88 Å². The number of ether oxygens (including phenoxy) is 1. The molecule has 1 aromatic rings. The summed E-state index contributed by atoms with van der Waals surface area (Å²) in [4.78, 5) is 14.3. The fourth-order valence-electron chi connectivity index (χ4n) is 0.847. The van der Waals surface area contributed by atoms with Crippen molar-refractivity contribution in [2.24, 2.45) is 0 Å². The van der Waals surface area contributed by atoms with E-state index in [1.54, 1.807) is 0 Å². The smallest absolute Gasteiger partial charge is 0.337 e. The summed E-state index contributed by atoms with van der Waals surface area (Å²) in [5, 5.41) is 8.86. The van der Waals surface area contributed by atoms with Crippen LogP contribution in [0.25, 0.3) is 0 Å². The van der Waals surface area contributed by atoms with Crippen LogP contribution in [-0.4, -0.2) is 22.7 Å². The lowest BCUT2D eigenvalue weighted by atomic mass is 10.3. The van der Waals surface area contributed by atoms with Crippen LogP contribution in [0.1, 0.15) is 23.7 Å². The Labute approximate surface area is 86.5 Å². The second-order valence-corrected chi connectivity index (χ2v) is 3.07. The van der Waals surface area contributed by atoms with E-state index < -0.39 is 5.97 Å². The number of carboxylic acids is 1. The zero-order valence-electron chi connectivity index (χ0n) is 7.66. The number of hydrogen-bond acceptors (Lipinski definition) is 3.